The number of rotatable bonds is 3. The molecule has 0 unspecified atom stereocenters. The lowest BCUT2D eigenvalue weighted by Gasteiger charge is -2.38. The van der Waals surface area contributed by atoms with Gasteiger partial charge in [-0.3, -0.25) is 4.90 Å². The minimum atomic E-state index is 0.710. The maximum atomic E-state index is 4.15. The number of fused-ring (bicyclic) bond motifs is 2. The van der Waals surface area contributed by atoms with Crippen LogP contribution in [0.25, 0.3) is 0 Å². The Bertz CT molecular complexity index is 234. The molecule has 0 aromatic heterocycles. The van der Waals surface area contributed by atoms with Crippen LogP contribution in [0.2, 0.25) is 0 Å². The van der Waals surface area contributed by atoms with E-state index in [1.165, 1.54) is 25.2 Å². The van der Waals surface area contributed by atoms with Gasteiger partial charge in [-0.2, -0.15) is 0 Å². The van der Waals surface area contributed by atoms with E-state index in [9.17, 15) is 0 Å². The Kier molecular flexibility index (Phi) is 2.56. The van der Waals surface area contributed by atoms with Crippen molar-refractivity contribution in [1.82, 2.24) is 9.80 Å². The lowest BCUT2D eigenvalue weighted by molar-refractivity contribution is 0.123. The predicted molar refractivity (Wildman–Crippen MR) is 60.2 cm³/mol. The topological polar surface area (TPSA) is 6.48 Å². The standard InChI is InChI=1S/C12H22N2/c1-5-10(4)14-8-11-6-12(14)7-13(11)9(2)3/h9,11-12H,4-8H2,1-3H3/t11-,12-/m0/s1. The highest BCUT2D eigenvalue weighted by Crippen LogP contribution is 2.34. The van der Waals surface area contributed by atoms with E-state index >= 15 is 0 Å². The molecule has 0 spiro atoms. The number of piperazine rings is 1. The van der Waals surface area contributed by atoms with Crippen molar-refractivity contribution in [2.24, 2.45) is 0 Å². The molecule has 2 heterocycles. The number of hydrogen-bond acceptors (Lipinski definition) is 2. The monoisotopic (exact) mass is 194 g/mol. The van der Waals surface area contributed by atoms with Gasteiger partial charge in [0.15, 0.2) is 0 Å². The van der Waals surface area contributed by atoms with Gasteiger partial charge in [0, 0.05) is 36.9 Å². The van der Waals surface area contributed by atoms with Gasteiger partial charge in [-0.15, -0.1) is 0 Å². The van der Waals surface area contributed by atoms with Crippen molar-refractivity contribution in [1.29, 1.82) is 0 Å². The first-order valence-corrected chi connectivity index (χ1v) is 5.83. The van der Waals surface area contributed by atoms with E-state index in [-0.39, 0.29) is 0 Å². The number of likely N-dealkylation sites (tertiary alicyclic amines) is 2. The van der Waals surface area contributed by atoms with Gasteiger partial charge < -0.3 is 4.90 Å². The van der Waals surface area contributed by atoms with Gasteiger partial charge >= 0.3 is 0 Å². The molecule has 0 amide bonds. The maximum absolute atomic E-state index is 4.15. The van der Waals surface area contributed by atoms with Crippen LogP contribution in [0.3, 0.4) is 0 Å². The van der Waals surface area contributed by atoms with Gasteiger partial charge in [0.2, 0.25) is 0 Å². The van der Waals surface area contributed by atoms with Crippen molar-refractivity contribution < 1.29 is 0 Å². The molecule has 2 aliphatic rings. The Morgan fingerprint density at radius 3 is 2.50 bits per heavy atom. The lowest BCUT2D eigenvalue weighted by Crippen LogP contribution is -2.48. The van der Waals surface area contributed by atoms with Crippen LogP contribution in [-0.2, 0) is 0 Å². The summed E-state index contributed by atoms with van der Waals surface area (Å²) in [5.41, 5.74) is 1.33. The van der Waals surface area contributed by atoms with Crippen LogP contribution in [0.15, 0.2) is 12.3 Å². The number of nitrogens with zero attached hydrogens (tertiary/aromatic N) is 2. The van der Waals surface area contributed by atoms with Gasteiger partial charge in [-0.05, 0) is 26.7 Å². The van der Waals surface area contributed by atoms with E-state index in [1.807, 2.05) is 0 Å². The van der Waals surface area contributed by atoms with E-state index < -0.39 is 0 Å². The van der Waals surface area contributed by atoms with Gasteiger partial charge in [-0.25, -0.2) is 0 Å². The van der Waals surface area contributed by atoms with Crippen LogP contribution >= 0.6 is 0 Å². The highest BCUT2D eigenvalue weighted by molar-refractivity contribution is 5.09. The lowest BCUT2D eigenvalue weighted by atomic mass is 10.2. The summed E-state index contributed by atoms with van der Waals surface area (Å²) in [6, 6.07) is 2.26. The molecule has 80 valence electrons. The minimum Gasteiger partial charge on any atom is -0.369 e. The molecule has 2 heteroatoms. The summed E-state index contributed by atoms with van der Waals surface area (Å²) in [6.07, 6.45) is 2.46. The summed E-state index contributed by atoms with van der Waals surface area (Å²) in [7, 11) is 0. The smallest absolute Gasteiger partial charge is 0.0430 e. The largest absolute Gasteiger partial charge is 0.369 e. The average molecular weight is 194 g/mol. The molecule has 0 aromatic rings. The van der Waals surface area contributed by atoms with E-state index in [4.69, 9.17) is 0 Å². The zero-order chi connectivity index (χ0) is 10.3. The maximum Gasteiger partial charge on any atom is 0.0430 e. The minimum absolute atomic E-state index is 0.710. The molecular weight excluding hydrogens is 172 g/mol. The third kappa shape index (κ3) is 1.46. The first-order valence-electron chi connectivity index (χ1n) is 5.83. The van der Waals surface area contributed by atoms with E-state index in [0.717, 1.165) is 18.5 Å². The van der Waals surface area contributed by atoms with Crippen LogP contribution in [0, 0.1) is 0 Å². The fraction of sp³-hybridized carbons (Fsp3) is 0.833. The van der Waals surface area contributed by atoms with Crippen LogP contribution in [0.4, 0.5) is 0 Å². The summed E-state index contributed by atoms with van der Waals surface area (Å²) in [4.78, 5) is 5.17. The zero-order valence-electron chi connectivity index (χ0n) is 9.66. The quantitative estimate of drug-likeness (QED) is 0.678. The van der Waals surface area contributed by atoms with Crippen molar-refractivity contribution in [2.45, 2.75) is 51.7 Å². The van der Waals surface area contributed by atoms with Gasteiger partial charge in [0.05, 0.1) is 0 Å². The van der Waals surface area contributed by atoms with E-state index in [2.05, 4.69) is 37.1 Å². The molecule has 2 rings (SSSR count). The fourth-order valence-corrected chi connectivity index (χ4v) is 2.92. The molecule has 0 radical (unpaired) electrons. The highest BCUT2D eigenvalue weighted by atomic mass is 15.4. The summed E-state index contributed by atoms with van der Waals surface area (Å²) in [5, 5.41) is 0. The molecule has 0 aliphatic carbocycles. The van der Waals surface area contributed by atoms with Crippen molar-refractivity contribution in [3.63, 3.8) is 0 Å². The molecule has 2 fully saturated rings. The average Bonchev–Trinajstić information content (AvgIpc) is 2.74. The third-order valence-corrected chi connectivity index (χ3v) is 3.76. The summed E-state index contributed by atoms with van der Waals surface area (Å²) in [6.45, 7) is 13.4. The molecule has 0 N–H and O–H groups in total. The Balaban J connectivity index is 1.99. The third-order valence-electron chi connectivity index (χ3n) is 3.76. The molecule has 0 aromatic carbocycles. The van der Waals surface area contributed by atoms with Crippen molar-refractivity contribution in [3.8, 4) is 0 Å². The molecule has 14 heavy (non-hydrogen) atoms. The number of allylic oxidation sites excluding steroid dienone is 1. The molecule has 2 atom stereocenters. The Hall–Kier alpha value is -0.500. The SMILES string of the molecule is C=C(CC)N1C[C@@H]2C[C@H]1CN2C(C)C. The molecular formula is C12H22N2. The fourth-order valence-electron chi connectivity index (χ4n) is 2.92. The van der Waals surface area contributed by atoms with E-state index in [0.29, 0.717) is 6.04 Å². The second-order valence-electron chi connectivity index (χ2n) is 4.91. The second-order valence-corrected chi connectivity index (χ2v) is 4.91. The van der Waals surface area contributed by atoms with Crippen LogP contribution in [0.1, 0.15) is 33.6 Å². The second kappa shape index (κ2) is 3.58. The first-order chi connectivity index (χ1) is 6.63. The first kappa shape index (κ1) is 10.0. The highest BCUT2D eigenvalue weighted by Gasteiger charge is 2.43. The molecule has 2 bridgehead atoms. The molecule has 2 nitrogen and oxygen atoms in total. The van der Waals surface area contributed by atoms with Gasteiger partial charge in [0.1, 0.15) is 0 Å². The Labute approximate surface area is 87.6 Å². The van der Waals surface area contributed by atoms with Crippen molar-refractivity contribution in [2.75, 3.05) is 13.1 Å². The van der Waals surface area contributed by atoms with Crippen LogP contribution in [-0.4, -0.2) is 41.0 Å². The van der Waals surface area contributed by atoms with Crippen LogP contribution < -0.4 is 0 Å². The predicted octanol–water partition coefficient (Wildman–Crippen LogP) is 2.08. The van der Waals surface area contributed by atoms with E-state index in [1.54, 1.807) is 0 Å². The Morgan fingerprint density at radius 1 is 1.36 bits per heavy atom. The molecule has 2 saturated heterocycles. The van der Waals surface area contributed by atoms with Crippen molar-refractivity contribution >= 4 is 0 Å². The summed E-state index contributed by atoms with van der Waals surface area (Å²) >= 11 is 0. The molecule has 0 saturated carbocycles. The van der Waals surface area contributed by atoms with Gasteiger partial charge in [-0.1, -0.05) is 13.5 Å². The Morgan fingerprint density at radius 2 is 2.07 bits per heavy atom. The van der Waals surface area contributed by atoms with Gasteiger partial charge in [0.25, 0.3) is 0 Å². The normalized spacial score (nSPS) is 31.9. The summed E-state index contributed by atoms with van der Waals surface area (Å²) in [5.74, 6) is 0. The van der Waals surface area contributed by atoms with Crippen molar-refractivity contribution in [3.05, 3.63) is 12.3 Å². The van der Waals surface area contributed by atoms with Crippen LogP contribution in [0.5, 0.6) is 0 Å². The summed E-state index contributed by atoms with van der Waals surface area (Å²) < 4.78 is 0. The zero-order valence-corrected chi connectivity index (χ0v) is 9.66. The molecule has 2 aliphatic heterocycles. The number of hydrogen-bond donors (Lipinski definition) is 0.